The van der Waals surface area contributed by atoms with Crippen LogP contribution in [0.3, 0.4) is 0 Å². The Labute approximate surface area is 514 Å². The molecule has 8 nitrogen and oxygen atoms in total. The fourth-order valence-corrected chi connectivity index (χ4v) is 10.6. The van der Waals surface area contributed by atoms with Crippen molar-refractivity contribution in [3.63, 3.8) is 0 Å². The Hall–Kier alpha value is -2.84. The number of carbonyl (C=O) groups is 1. The van der Waals surface area contributed by atoms with Crippen LogP contribution >= 0.6 is 7.82 Å². The smallest absolute Gasteiger partial charge is 0.387 e. The van der Waals surface area contributed by atoms with Crippen molar-refractivity contribution >= 4 is 13.7 Å². The number of unbranched alkanes of at least 4 members (excludes halogenated alkanes) is 34. The molecule has 0 aromatic carbocycles. The van der Waals surface area contributed by atoms with Gasteiger partial charge < -0.3 is 19.8 Å². The van der Waals surface area contributed by atoms with Gasteiger partial charge in [0.2, 0.25) is 5.91 Å². The normalized spacial score (nSPS) is 14.3. The average Bonchev–Trinajstić information content (AvgIpc) is 3.50. The molecule has 3 atom stereocenters. The molecule has 0 aliphatic rings. The molecule has 0 rings (SSSR count). The number of quaternary nitrogens is 1. The van der Waals surface area contributed by atoms with E-state index in [4.69, 9.17) is 9.05 Å². The van der Waals surface area contributed by atoms with Crippen molar-refractivity contribution in [2.45, 2.75) is 315 Å². The number of aliphatic hydroxyl groups excluding tert-OH is 1. The van der Waals surface area contributed by atoms with Gasteiger partial charge in [0.05, 0.1) is 39.9 Å². The minimum atomic E-state index is -4.37. The summed E-state index contributed by atoms with van der Waals surface area (Å²) in [4.78, 5) is 23.4. The number of nitrogens with zero attached hydrogens (tertiary/aromatic N) is 1. The predicted molar refractivity (Wildman–Crippen MR) is 364 cm³/mol. The zero-order valence-electron chi connectivity index (χ0n) is 54.9. The Morgan fingerprint density at radius 3 is 1.11 bits per heavy atom. The molecule has 0 aromatic heterocycles. The molecule has 9 heteroatoms. The Bertz CT molecular complexity index is 1720. The molecule has 0 aromatic rings. The van der Waals surface area contributed by atoms with E-state index in [-0.39, 0.29) is 19.1 Å². The molecule has 480 valence electrons. The first-order valence-electron chi connectivity index (χ1n) is 34.8. The van der Waals surface area contributed by atoms with Crippen molar-refractivity contribution in [2.24, 2.45) is 0 Å². The average molecular weight is 1180 g/mol. The number of likely N-dealkylation sites (N-methyl/N-ethyl adjacent to an activating group) is 1. The van der Waals surface area contributed by atoms with Crippen molar-refractivity contribution in [1.29, 1.82) is 0 Å². The van der Waals surface area contributed by atoms with Crippen molar-refractivity contribution < 1.29 is 32.9 Å². The lowest BCUT2D eigenvalue weighted by Crippen LogP contribution is -2.45. The van der Waals surface area contributed by atoms with Gasteiger partial charge in [-0.25, -0.2) is 4.57 Å². The largest absolute Gasteiger partial charge is 0.472 e. The van der Waals surface area contributed by atoms with Crippen LogP contribution in [-0.2, 0) is 18.4 Å². The topological polar surface area (TPSA) is 105 Å². The summed E-state index contributed by atoms with van der Waals surface area (Å²) in [5.41, 5.74) is 0. The maximum Gasteiger partial charge on any atom is 0.472 e. The number of carbonyl (C=O) groups excluding carboxylic acids is 1. The van der Waals surface area contributed by atoms with E-state index in [1.165, 1.54) is 199 Å². The summed E-state index contributed by atoms with van der Waals surface area (Å²) in [6, 6.07) is -0.870. The Balaban J connectivity index is 4.10. The van der Waals surface area contributed by atoms with Gasteiger partial charge in [-0.2, -0.15) is 0 Å². The number of allylic oxidation sites excluding steroid dienone is 17. The Kier molecular flexibility index (Phi) is 61.5. The van der Waals surface area contributed by atoms with Gasteiger partial charge in [-0.05, 0) is 89.9 Å². The van der Waals surface area contributed by atoms with E-state index in [1.807, 2.05) is 27.2 Å². The number of nitrogens with one attached hydrogen (secondary N) is 1. The monoisotopic (exact) mass is 1180 g/mol. The SMILES string of the molecule is CC/C=C\C/C=C\C/C=C\C/C=C\C/C=C\C/C=C\C/C=C\CCCCCCCCCCCCCCCCCC(=O)NC(COP(=O)(O)OCC[N+](C)(C)C)C(O)/C=C/CC/C=C/CCCCCCCCCCCCCCCCCCCC. The zero-order valence-corrected chi connectivity index (χ0v) is 55.8. The van der Waals surface area contributed by atoms with Gasteiger partial charge >= 0.3 is 7.82 Å². The van der Waals surface area contributed by atoms with Gasteiger partial charge in [0.25, 0.3) is 0 Å². The van der Waals surface area contributed by atoms with Crippen LogP contribution in [0.25, 0.3) is 0 Å². The van der Waals surface area contributed by atoms with E-state index in [1.54, 1.807) is 6.08 Å². The second-order valence-corrected chi connectivity index (χ2v) is 26.0. The molecule has 0 spiro atoms. The number of aliphatic hydroxyl groups is 1. The minimum absolute atomic E-state index is 0.0530. The predicted octanol–water partition coefficient (Wildman–Crippen LogP) is 22.3. The summed E-state index contributed by atoms with van der Waals surface area (Å²) in [5, 5.41) is 14.0. The molecular formula is C74H134N2O6P+. The molecule has 0 radical (unpaired) electrons. The molecule has 0 fully saturated rings. The number of phosphoric acid groups is 1. The quantitative estimate of drug-likeness (QED) is 0.0243. The first kappa shape index (κ1) is 80.2. The molecule has 0 bridgehead atoms. The first-order chi connectivity index (χ1) is 40.5. The highest BCUT2D eigenvalue weighted by Crippen LogP contribution is 2.43. The summed E-state index contributed by atoms with van der Waals surface area (Å²) in [6.07, 6.45) is 93.8. The third-order valence-corrected chi connectivity index (χ3v) is 16.2. The molecule has 0 heterocycles. The molecule has 0 aliphatic carbocycles. The lowest BCUT2D eigenvalue weighted by atomic mass is 10.0. The van der Waals surface area contributed by atoms with Crippen LogP contribution in [0, 0.1) is 0 Å². The summed E-state index contributed by atoms with van der Waals surface area (Å²) >= 11 is 0. The van der Waals surface area contributed by atoms with Crippen LogP contribution in [0.5, 0.6) is 0 Å². The summed E-state index contributed by atoms with van der Waals surface area (Å²) < 4.78 is 23.8. The molecule has 0 aliphatic heterocycles. The van der Waals surface area contributed by atoms with E-state index in [0.717, 1.165) is 83.5 Å². The standard InChI is InChI=1S/C74H133N2O6P/c1-6-8-10-12-14-16-18-20-22-24-26-28-30-32-33-34-35-36-37-38-39-40-41-42-43-44-46-48-50-52-54-56-58-60-62-64-66-68-74(78)75-72(71-82-83(79,80)81-70-69-76(3,4)5)73(77)67-65-63-61-59-57-55-53-51-49-47-45-31-29-27-25-23-21-19-17-15-13-11-9-7-2/h8,10,14,16,20,22,26,28,32-33,35-36,38-39,57,59,65,67,72-73,77H,6-7,9,11-13,15,17-19,21,23-25,27,29-31,34,37,40-56,58,60-64,66,68-71H2,1-5H3,(H-,75,78,79,80)/p+1/b10-8-,16-14-,22-20-,28-26-,33-32-,36-35-,39-38-,59-57+,67-65+. The van der Waals surface area contributed by atoms with Gasteiger partial charge in [-0.15, -0.1) is 0 Å². The lowest BCUT2D eigenvalue weighted by Gasteiger charge is -2.25. The van der Waals surface area contributed by atoms with Gasteiger partial charge in [-0.1, -0.05) is 316 Å². The summed E-state index contributed by atoms with van der Waals surface area (Å²) in [5.74, 6) is -0.187. The number of amides is 1. The van der Waals surface area contributed by atoms with Crippen LogP contribution in [0.1, 0.15) is 303 Å². The summed E-state index contributed by atoms with van der Waals surface area (Å²) in [6.45, 7) is 4.71. The highest BCUT2D eigenvalue weighted by Gasteiger charge is 2.28. The van der Waals surface area contributed by atoms with Crippen LogP contribution in [-0.4, -0.2) is 73.4 Å². The maximum atomic E-state index is 13.0. The number of hydrogen-bond acceptors (Lipinski definition) is 5. The van der Waals surface area contributed by atoms with Crippen molar-refractivity contribution in [1.82, 2.24) is 5.32 Å². The minimum Gasteiger partial charge on any atom is -0.387 e. The van der Waals surface area contributed by atoms with Gasteiger partial charge in [0, 0.05) is 6.42 Å². The Morgan fingerprint density at radius 2 is 0.735 bits per heavy atom. The molecule has 1 amide bonds. The van der Waals surface area contributed by atoms with E-state index in [0.29, 0.717) is 17.4 Å². The third-order valence-electron chi connectivity index (χ3n) is 15.2. The van der Waals surface area contributed by atoms with Crippen LogP contribution in [0.15, 0.2) is 109 Å². The first-order valence-corrected chi connectivity index (χ1v) is 36.3. The Morgan fingerprint density at radius 1 is 0.422 bits per heavy atom. The van der Waals surface area contributed by atoms with Crippen molar-refractivity contribution in [3.8, 4) is 0 Å². The zero-order chi connectivity index (χ0) is 60.5. The van der Waals surface area contributed by atoms with E-state index < -0.39 is 20.0 Å². The maximum absolute atomic E-state index is 13.0. The fourth-order valence-electron chi connectivity index (χ4n) is 9.86. The van der Waals surface area contributed by atoms with Crippen LogP contribution in [0.4, 0.5) is 0 Å². The molecule has 3 unspecified atom stereocenters. The van der Waals surface area contributed by atoms with Crippen molar-refractivity contribution in [3.05, 3.63) is 109 Å². The van der Waals surface area contributed by atoms with Crippen LogP contribution in [0.2, 0.25) is 0 Å². The van der Waals surface area contributed by atoms with Gasteiger partial charge in [0.1, 0.15) is 13.2 Å². The highest BCUT2D eigenvalue weighted by atomic mass is 31.2. The molecule has 0 saturated heterocycles. The second-order valence-electron chi connectivity index (χ2n) is 24.5. The molecule has 83 heavy (non-hydrogen) atoms. The number of hydrogen-bond donors (Lipinski definition) is 3. The molecule has 0 saturated carbocycles. The van der Waals surface area contributed by atoms with E-state index in [9.17, 15) is 19.4 Å². The van der Waals surface area contributed by atoms with E-state index >= 15 is 0 Å². The summed E-state index contributed by atoms with van der Waals surface area (Å²) in [7, 11) is 1.55. The van der Waals surface area contributed by atoms with Gasteiger partial charge in [-0.3, -0.25) is 13.8 Å². The third kappa shape index (κ3) is 66.5. The van der Waals surface area contributed by atoms with Gasteiger partial charge in [0.15, 0.2) is 0 Å². The van der Waals surface area contributed by atoms with Crippen molar-refractivity contribution in [2.75, 3.05) is 40.9 Å². The number of rotatable bonds is 63. The fraction of sp³-hybridized carbons (Fsp3) is 0.743. The van der Waals surface area contributed by atoms with Crippen LogP contribution < -0.4 is 5.32 Å². The molecule has 3 N–H and O–H groups in total. The lowest BCUT2D eigenvalue weighted by molar-refractivity contribution is -0.870. The highest BCUT2D eigenvalue weighted by molar-refractivity contribution is 7.47. The molecular weight excluding hydrogens is 1040 g/mol. The number of phosphoric ester groups is 1. The second kappa shape index (κ2) is 63.7. The van der Waals surface area contributed by atoms with E-state index in [2.05, 4.69) is 116 Å².